The monoisotopic (exact) mass is 305 g/mol. The largest absolute Gasteiger partial charge is 0.380 e. The highest BCUT2D eigenvalue weighted by Gasteiger charge is 2.38. The van der Waals surface area contributed by atoms with E-state index in [1.165, 1.54) is 12.8 Å². The van der Waals surface area contributed by atoms with E-state index in [-0.39, 0.29) is 18.1 Å². The Morgan fingerprint density at radius 3 is 2.86 bits per heavy atom. The molecule has 7 nitrogen and oxygen atoms in total. The Morgan fingerprint density at radius 2 is 2.23 bits per heavy atom. The molecule has 2 saturated heterocycles. The van der Waals surface area contributed by atoms with Gasteiger partial charge >= 0.3 is 0 Å². The number of ether oxygens (including phenoxy) is 1. The van der Waals surface area contributed by atoms with Gasteiger partial charge in [-0.2, -0.15) is 5.10 Å². The first kappa shape index (κ1) is 14.1. The molecule has 0 unspecified atom stereocenters. The maximum Gasteiger partial charge on any atom is 0.236 e. The Balaban J connectivity index is 1.47. The molecule has 1 aromatic rings. The van der Waals surface area contributed by atoms with Gasteiger partial charge in [-0.25, -0.2) is 4.98 Å². The lowest BCUT2D eigenvalue weighted by atomic mass is 10.2. The van der Waals surface area contributed by atoms with Gasteiger partial charge < -0.3 is 9.64 Å². The number of H-pyrrole nitrogens is 1. The van der Waals surface area contributed by atoms with Crippen molar-refractivity contribution >= 4 is 5.91 Å². The topological polar surface area (TPSA) is 74.4 Å². The highest BCUT2D eigenvalue weighted by molar-refractivity contribution is 5.79. The number of carbonyl (C=O) groups is 1. The number of rotatable bonds is 5. The van der Waals surface area contributed by atoms with Gasteiger partial charge in [-0.15, -0.1) is 0 Å². The lowest BCUT2D eigenvalue weighted by Crippen LogP contribution is -2.47. The number of hydrogen-bond acceptors (Lipinski definition) is 5. The van der Waals surface area contributed by atoms with Gasteiger partial charge in [0.15, 0.2) is 5.82 Å². The van der Waals surface area contributed by atoms with E-state index < -0.39 is 0 Å². The summed E-state index contributed by atoms with van der Waals surface area (Å²) in [5, 5.41) is 7.44. The van der Waals surface area contributed by atoms with Gasteiger partial charge in [0, 0.05) is 32.7 Å². The zero-order valence-corrected chi connectivity index (χ0v) is 13.0. The minimum atomic E-state index is 0.107. The first-order valence-corrected chi connectivity index (χ1v) is 8.21. The number of aromatic nitrogens is 3. The molecule has 3 aliphatic rings. The highest BCUT2D eigenvalue weighted by Crippen LogP contribution is 2.39. The second-order valence-electron chi connectivity index (χ2n) is 6.63. The first-order chi connectivity index (χ1) is 10.7. The van der Waals surface area contributed by atoms with Crippen LogP contribution in [0, 0.1) is 0 Å². The summed E-state index contributed by atoms with van der Waals surface area (Å²) in [5.74, 6) is 2.58. The van der Waals surface area contributed by atoms with Crippen molar-refractivity contribution in [1.29, 1.82) is 0 Å². The van der Waals surface area contributed by atoms with Gasteiger partial charge in [-0.05, 0) is 25.7 Å². The van der Waals surface area contributed by atoms with Crippen LogP contribution in [0.15, 0.2) is 0 Å². The predicted molar refractivity (Wildman–Crippen MR) is 79.3 cm³/mol. The molecule has 3 heterocycles. The van der Waals surface area contributed by atoms with E-state index in [2.05, 4.69) is 20.1 Å². The fourth-order valence-electron chi connectivity index (χ4n) is 3.29. The van der Waals surface area contributed by atoms with Gasteiger partial charge in [-0.1, -0.05) is 0 Å². The van der Waals surface area contributed by atoms with Crippen molar-refractivity contribution in [3.05, 3.63) is 11.6 Å². The SMILES string of the molecule is CO[C@@H]1C[C@@H](c2nc(C3CC3)n[nH]2)N(CC(=O)N2CCC2)C1. The summed E-state index contributed by atoms with van der Waals surface area (Å²) in [4.78, 5) is 21.1. The molecular formula is C15H23N5O2. The van der Waals surface area contributed by atoms with Gasteiger partial charge in [-0.3, -0.25) is 14.8 Å². The molecular weight excluding hydrogens is 282 g/mol. The molecule has 1 saturated carbocycles. The molecule has 0 bridgehead atoms. The fraction of sp³-hybridized carbons (Fsp3) is 0.800. The van der Waals surface area contributed by atoms with Crippen molar-refractivity contribution in [3.8, 4) is 0 Å². The normalized spacial score (nSPS) is 28.9. The molecule has 2 aliphatic heterocycles. The number of amides is 1. The van der Waals surface area contributed by atoms with Crippen LogP contribution in [0.25, 0.3) is 0 Å². The van der Waals surface area contributed by atoms with E-state index in [9.17, 15) is 4.79 Å². The lowest BCUT2D eigenvalue weighted by Gasteiger charge is -2.33. The van der Waals surface area contributed by atoms with E-state index in [1.807, 2.05) is 4.90 Å². The fourth-order valence-corrected chi connectivity index (χ4v) is 3.29. The van der Waals surface area contributed by atoms with Crippen LogP contribution in [0.4, 0.5) is 0 Å². The summed E-state index contributed by atoms with van der Waals surface area (Å²) in [5.41, 5.74) is 0. The minimum Gasteiger partial charge on any atom is -0.380 e. The van der Waals surface area contributed by atoms with E-state index in [1.54, 1.807) is 7.11 Å². The van der Waals surface area contributed by atoms with Crippen LogP contribution < -0.4 is 0 Å². The zero-order valence-electron chi connectivity index (χ0n) is 13.0. The molecule has 7 heteroatoms. The number of methoxy groups -OCH3 is 1. The summed E-state index contributed by atoms with van der Waals surface area (Å²) in [7, 11) is 1.73. The van der Waals surface area contributed by atoms with Crippen molar-refractivity contribution in [3.63, 3.8) is 0 Å². The minimum absolute atomic E-state index is 0.107. The Morgan fingerprint density at radius 1 is 1.41 bits per heavy atom. The van der Waals surface area contributed by atoms with Crippen LogP contribution in [0.1, 0.15) is 49.3 Å². The van der Waals surface area contributed by atoms with Crippen LogP contribution in [0.5, 0.6) is 0 Å². The quantitative estimate of drug-likeness (QED) is 0.866. The average molecular weight is 305 g/mol. The molecule has 22 heavy (non-hydrogen) atoms. The number of likely N-dealkylation sites (tertiary alicyclic amines) is 2. The Bertz CT molecular complexity index is 552. The van der Waals surface area contributed by atoms with E-state index >= 15 is 0 Å². The molecule has 120 valence electrons. The first-order valence-electron chi connectivity index (χ1n) is 8.21. The second-order valence-corrected chi connectivity index (χ2v) is 6.63. The lowest BCUT2D eigenvalue weighted by molar-refractivity contribution is -0.136. The summed E-state index contributed by atoms with van der Waals surface area (Å²) in [6, 6.07) is 0.107. The number of nitrogens with one attached hydrogen (secondary N) is 1. The van der Waals surface area contributed by atoms with Crippen LogP contribution in [0.2, 0.25) is 0 Å². The number of nitrogens with zero attached hydrogens (tertiary/aromatic N) is 4. The molecule has 2 atom stereocenters. The van der Waals surface area contributed by atoms with E-state index in [0.29, 0.717) is 12.5 Å². The summed E-state index contributed by atoms with van der Waals surface area (Å²) in [6.45, 7) is 3.03. The number of carbonyl (C=O) groups excluding carboxylic acids is 1. The van der Waals surface area contributed by atoms with E-state index in [0.717, 1.165) is 44.1 Å². The second kappa shape index (κ2) is 5.62. The Kier molecular flexibility index (Phi) is 3.62. The molecule has 4 rings (SSSR count). The Labute approximate surface area is 130 Å². The summed E-state index contributed by atoms with van der Waals surface area (Å²) in [6.07, 6.45) is 4.54. The molecule has 0 spiro atoms. The van der Waals surface area contributed by atoms with Crippen molar-refractivity contribution in [2.24, 2.45) is 0 Å². The predicted octanol–water partition coefficient (Wildman–Crippen LogP) is 0.676. The van der Waals surface area contributed by atoms with E-state index in [4.69, 9.17) is 4.74 Å². The maximum absolute atomic E-state index is 12.3. The van der Waals surface area contributed by atoms with Crippen LogP contribution in [0.3, 0.4) is 0 Å². The zero-order chi connectivity index (χ0) is 15.1. The molecule has 1 N–H and O–H groups in total. The third-order valence-corrected chi connectivity index (χ3v) is 5.02. The standard InChI is InChI=1S/C15H23N5O2/c1-22-11-7-12(15-16-14(17-18-15)10-3-4-10)20(8-11)9-13(21)19-5-2-6-19/h10-12H,2-9H2,1H3,(H,16,17,18)/t11-,12+/m1/s1. The van der Waals surface area contributed by atoms with Crippen molar-refractivity contribution in [1.82, 2.24) is 25.0 Å². The number of hydrogen-bond donors (Lipinski definition) is 1. The third kappa shape index (κ3) is 2.63. The Hall–Kier alpha value is -1.47. The molecule has 0 aromatic carbocycles. The van der Waals surface area contributed by atoms with Crippen LogP contribution >= 0.6 is 0 Å². The third-order valence-electron chi connectivity index (χ3n) is 5.02. The maximum atomic E-state index is 12.3. The highest BCUT2D eigenvalue weighted by atomic mass is 16.5. The summed E-state index contributed by atoms with van der Waals surface area (Å²) >= 11 is 0. The van der Waals surface area contributed by atoms with Crippen LogP contribution in [-0.2, 0) is 9.53 Å². The van der Waals surface area contributed by atoms with Gasteiger partial charge in [0.05, 0.1) is 18.7 Å². The summed E-state index contributed by atoms with van der Waals surface area (Å²) < 4.78 is 5.51. The molecule has 1 amide bonds. The van der Waals surface area contributed by atoms with Gasteiger partial charge in [0.1, 0.15) is 5.82 Å². The smallest absolute Gasteiger partial charge is 0.236 e. The van der Waals surface area contributed by atoms with Gasteiger partial charge in [0.25, 0.3) is 0 Å². The van der Waals surface area contributed by atoms with Crippen molar-refractivity contribution in [2.45, 2.75) is 43.7 Å². The molecule has 0 radical (unpaired) electrons. The number of aromatic amines is 1. The molecule has 3 fully saturated rings. The van der Waals surface area contributed by atoms with Gasteiger partial charge in [0.2, 0.25) is 5.91 Å². The molecule has 1 aliphatic carbocycles. The molecule has 1 aromatic heterocycles. The average Bonchev–Trinajstić information content (AvgIpc) is 3.04. The van der Waals surface area contributed by atoms with Crippen molar-refractivity contribution < 1.29 is 9.53 Å². The van der Waals surface area contributed by atoms with Crippen LogP contribution in [-0.4, -0.2) is 70.3 Å². The van der Waals surface area contributed by atoms with Crippen molar-refractivity contribution in [2.75, 3.05) is 33.3 Å².